The monoisotopic (exact) mass is 258 g/mol. The first-order valence-electron chi connectivity index (χ1n) is 6.19. The summed E-state index contributed by atoms with van der Waals surface area (Å²) in [6.45, 7) is 2.51. The molecule has 0 saturated carbocycles. The van der Waals surface area contributed by atoms with Crippen LogP contribution in [0.25, 0.3) is 0 Å². The molecular formula is C16H15FO2. The maximum Gasteiger partial charge on any atom is 0.167 e. The summed E-state index contributed by atoms with van der Waals surface area (Å²) >= 11 is 0. The van der Waals surface area contributed by atoms with E-state index in [0.29, 0.717) is 12.2 Å². The van der Waals surface area contributed by atoms with Crippen LogP contribution in [0.2, 0.25) is 0 Å². The Labute approximate surface area is 111 Å². The van der Waals surface area contributed by atoms with Crippen molar-refractivity contribution in [1.82, 2.24) is 0 Å². The summed E-state index contributed by atoms with van der Waals surface area (Å²) in [6.07, 6.45) is 0.272. The topological polar surface area (TPSA) is 26.3 Å². The van der Waals surface area contributed by atoms with Crippen molar-refractivity contribution in [3.8, 4) is 5.75 Å². The van der Waals surface area contributed by atoms with Crippen LogP contribution in [0.3, 0.4) is 0 Å². The molecule has 0 aliphatic rings. The standard InChI is InChI=1S/C16H15FO2/c1-2-19-15-9-5-13(6-10-15)16(18)11-12-3-7-14(17)8-4-12/h3-10H,2,11H2,1H3. The van der Waals surface area contributed by atoms with Crippen molar-refractivity contribution in [3.63, 3.8) is 0 Å². The number of Topliss-reactive ketones (excluding diaryl/α,β-unsaturated/α-hetero) is 1. The third kappa shape index (κ3) is 3.65. The van der Waals surface area contributed by atoms with Gasteiger partial charge in [0.05, 0.1) is 6.61 Å². The molecular weight excluding hydrogens is 243 g/mol. The van der Waals surface area contributed by atoms with Crippen molar-refractivity contribution in [1.29, 1.82) is 0 Å². The highest BCUT2D eigenvalue weighted by molar-refractivity contribution is 5.97. The predicted octanol–water partition coefficient (Wildman–Crippen LogP) is 3.65. The van der Waals surface area contributed by atoms with Crippen LogP contribution in [0.1, 0.15) is 22.8 Å². The van der Waals surface area contributed by atoms with Crippen LogP contribution >= 0.6 is 0 Å². The van der Waals surface area contributed by atoms with E-state index in [-0.39, 0.29) is 18.0 Å². The fourth-order valence-electron chi connectivity index (χ4n) is 1.79. The van der Waals surface area contributed by atoms with E-state index in [4.69, 9.17) is 4.74 Å². The molecule has 3 heteroatoms. The smallest absolute Gasteiger partial charge is 0.167 e. The lowest BCUT2D eigenvalue weighted by atomic mass is 10.0. The van der Waals surface area contributed by atoms with Gasteiger partial charge in [0.1, 0.15) is 11.6 Å². The molecule has 98 valence electrons. The van der Waals surface area contributed by atoms with Crippen molar-refractivity contribution in [2.75, 3.05) is 6.61 Å². The first-order chi connectivity index (χ1) is 9.19. The molecule has 2 rings (SSSR count). The van der Waals surface area contributed by atoms with Gasteiger partial charge in [0.15, 0.2) is 5.78 Å². The molecule has 0 saturated heterocycles. The molecule has 0 aliphatic heterocycles. The number of carbonyl (C=O) groups is 1. The quantitative estimate of drug-likeness (QED) is 0.765. The molecule has 19 heavy (non-hydrogen) atoms. The molecule has 0 unspecified atom stereocenters. The fraction of sp³-hybridized carbons (Fsp3) is 0.188. The lowest BCUT2D eigenvalue weighted by Crippen LogP contribution is -2.03. The normalized spacial score (nSPS) is 10.2. The SMILES string of the molecule is CCOc1ccc(C(=O)Cc2ccc(F)cc2)cc1. The molecule has 2 nitrogen and oxygen atoms in total. The Bertz CT molecular complexity index is 544. The first kappa shape index (κ1) is 13.3. The molecule has 0 aromatic heterocycles. The Balaban J connectivity index is 2.05. The second kappa shape index (κ2) is 6.14. The molecule has 0 atom stereocenters. The van der Waals surface area contributed by atoms with Crippen LogP contribution in [-0.4, -0.2) is 12.4 Å². The lowest BCUT2D eigenvalue weighted by molar-refractivity contribution is 0.0993. The highest BCUT2D eigenvalue weighted by atomic mass is 19.1. The van der Waals surface area contributed by atoms with Crippen LogP contribution in [0, 0.1) is 5.82 Å². The van der Waals surface area contributed by atoms with Gasteiger partial charge in [0.2, 0.25) is 0 Å². The van der Waals surface area contributed by atoms with Gasteiger partial charge in [-0.1, -0.05) is 12.1 Å². The van der Waals surface area contributed by atoms with Crippen molar-refractivity contribution < 1.29 is 13.9 Å². The van der Waals surface area contributed by atoms with Crippen LogP contribution in [0.4, 0.5) is 4.39 Å². The molecule has 0 radical (unpaired) electrons. The average Bonchev–Trinajstić information content (AvgIpc) is 2.42. The van der Waals surface area contributed by atoms with E-state index in [1.165, 1.54) is 12.1 Å². The van der Waals surface area contributed by atoms with E-state index in [1.54, 1.807) is 36.4 Å². The number of benzene rings is 2. The Morgan fingerprint density at radius 3 is 2.26 bits per heavy atom. The minimum absolute atomic E-state index is 0.00894. The molecule has 0 aliphatic carbocycles. The van der Waals surface area contributed by atoms with Crippen LogP contribution in [0.5, 0.6) is 5.75 Å². The van der Waals surface area contributed by atoms with E-state index < -0.39 is 0 Å². The minimum Gasteiger partial charge on any atom is -0.494 e. The molecule has 0 heterocycles. The summed E-state index contributed by atoms with van der Waals surface area (Å²) in [6, 6.07) is 13.0. The molecule has 0 N–H and O–H groups in total. The zero-order valence-corrected chi connectivity index (χ0v) is 10.7. The minimum atomic E-state index is -0.294. The number of halogens is 1. The van der Waals surface area contributed by atoms with Gasteiger partial charge in [-0.3, -0.25) is 4.79 Å². The summed E-state index contributed by atoms with van der Waals surface area (Å²) in [7, 11) is 0. The number of hydrogen-bond acceptors (Lipinski definition) is 2. The molecule has 0 amide bonds. The zero-order chi connectivity index (χ0) is 13.7. The summed E-state index contributed by atoms with van der Waals surface area (Å²) in [5.41, 5.74) is 1.44. The van der Waals surface area contributed by atoms with E-state index in [9.17, 15) is 9.18 Å². The maximum atomic E-state index is 12.8. The van der Waals surface area contributed by atoms with Gasteiger partial charge in [-0.2, -0.15) is 0 Å². The van der Waals surface area contributed by atoms with Crippen LogP contribution in [0.15, 0.2) is 48.5 Å². The van der Waals surface area contributed by atoms with Gasteiger partial charge in [-0.25, -0.2) is 4.39 Å². The molecule has 0 spiro atoms. The maximum absolute atomic E-state index is 12.8. The van der Waals surface area contributed by atoms with Crippen molar-refractivity contribution in [3.05, 3.63) is 65.5 Å². The van der Waals surface area contributed by atoms with Crippen molar-refractivity contribution >= 4 is 5.78 Å². The molecule has 2 aromatic carbocycles. The third-order valence-corrected chi connectivity index (χ3v) is 2.77. The van der Waals surface area contributed by atoms with Crippen molar-refractivity contribution in [2.45, 2.75) is 13.3 Å². The fourth-order valence-corrected chi connectivity index (χ4v) is 1.79. The first-order valence-corrected chi connectivity index (χ1v) is 6.19. The van der Waals surface area contributed by atoms with Gasteiger partial charge < -0.3 is 4.74 Å². The molecule has 0 bridgehead atoms. The van der Waals surface area contributed by atoms with Gasteiger partial charge in [-0.05, 0) is 48.9 Å². The van der Waals surface area contributed by atoms with E-state index in [1.807, 2.05) is 6.92 Å². The summed E-state index contributed by atoms with van der Waals surface area (Å²) in [5, 5.41) is 0. The van der Waals surface area contributed by atoms with E-state index in [2.05, 4.69) is 0 Å². The van der Waals surface area contributed by atoms with Crippen LogP contribution in [-0.2, 0) is 6.42 Å². The second-order valence-corrected chi connectivity index (χ2v) is 4.18. The van der Waals surface area contributed by atoms with Crippen molar-refractivity contribution in [2.24, 2.45) is 0 Å². The van der Waals surface area contributed by atoms with Gasteiger partial charge in [-0.15, -0.1) is 0 Å². The van der Waals surface area contributed by atoms with Gasteiger partial charge in [0, 0.05) is 12.0 Å². The number of hydrogen-bond donors (Lipinski definition) is 0. The molecule has 2 aromatic rings. The Morgan fingerprint density at radius 1 is 1.05 bits per heavy atom. The number of ketones is 1. The summed E-state index contributed by atoms with van der Waals surface area (Å²) in [5.74, 6) is 0.466. The lowest BCUT2D eigenvalue weighted by Gasteiger charge is -2.05. The summed E-state index contributed by atoms with van der Waals surface area (Å²) in [4.78, 5) is 12.0. The number of rotatable bonds is 5. The zero-order valence-electron chi connectivity index (χ0n) is 10.7. The molecule has 0 fully saturated rings. The second-order valence-electron chi connectivity index (χ2n) is 4.18. The number of ether oxygens (including phenoxy) is 1. The van der Waals surface area contributed by atoms with Gasteiger partial charge >= 0.3 is 0 Å². The third-order valence-electron chi connectivity index (χ3n) is 2.77. The highest BCUT2D eigenvalue weighted by Crippen LogP contribution is 2.14. The average molecular weight is 258 g/mol. The summed E-state index contributed by atoms with van der Waals surface area (Å²) < 4.78 is 18.1. The predicted molar refractivity (Wildman–Crippen MR) is 72.0 cm³/mol. The van der Waals surface area contributed by atoms with E-state index in [0.717, 1.165) is 11.3 Å². The van der Waals surface area contributed by atoms with Crippen LogP contribution < -0.4 is 4.74 Å². The van der Waals surface area contributed by atoms with E-state index >= 15 is 0 Å². The Morgan fingerprint density at radius 2 is 1.68 bits per heavy atom. The van der Waals surface area contributed by atoms with Gasteiger partial charge in [0.25, 0.3) is 0 Å². The number of carbonyl (C=O) groups excluding carboxylic acids is 1. The largest absolute Gasteiger partial charge is 0.494 e. The Hall–Kier alpha value is -2.16. The Kier molecular flexibility index (Phi) is 4.29. The highest BCUT2D eigenvalue weighted by Gasteiger charge is 2.07.